The predicted molar refractivity (Wildman–Crippen MR) is 168 cm³/mol. The summed E-state index contributed by atoms with van der Waals surface area (Å²) in [5.74, 6) is -2.80. The molecule has 3 amide bonds. The van der Waals surface area contributed by atoms with Gasteiger partial charge in [-0.1, -0.05) is 53.4 Å². The van der Waals surface area contributed by atoms with E-state index in [0.717, 1.165) is 35.7 Å². The van der Waals surface area contributed by atoms with Crippen molar-refractivity contribution in [2.75, 3.05) is 28.2 Å². The maximum absolute atomic E-state index is 14.0. The summed E-state index contributed by atoms with van der Waals surface area (Å²) in [6, 6.07) is 22.2. The van der Waals surface area contributed by atoms with E-state index in [1.807, 2.05) is 30.3 Å². The van der Waals surface area contributed by atoms with Gasteiger partial charge in [-0.3, -0.25) is 23.7 Å². The first kappa shape index (κ1) is 28.9. The molecule has 43 heavy (non-hydrogen) atoms. The van der Waals surface area contributed by atoms with E-state index in [9.17, 15) is 23.6 Å². The zero-order chi connectivity index (χ0) is 30.2. The van der Waals surface area contributed by atoms with Gasteiger partial charge in [-0.25, -0.2) is 9.29 Å². The van der Waals surface area contributed by atoms with Crippen molar-refractivity contribution in [3.05, 3.63) is 105 Å². The first-order valence-electron chi connectivity index (χ1n) is 14.0. The number of imide groups is 1. The third-order valence-corrected chi connectivity index (χ3v) is 10.5. The molecule has 1 saturated heterocycles. The number of rotatable bonds is 8. The van der Waals surface area contributed by atoms with Crippen molar-refractivity contribution < 1.29 is 18.8 Å². The van der Waals surface area contributed by atoms with Crippen molar-refractivity contribution in [3.8, 4) is 0 Å². The number of carbonyl (C=O) groups excluding carboxylic acids is 3. The van der Waals surface area contributed by atoms with E-state index in [1.165, 1.54) is 45.5 Å². The highest BCUT2D eigenvalue weighted by Crippen LogP contribution is 2.54. The molecular weight excluding hydrogens is 588 g/mol. The molecule has 0 saturated carbocycles. The molecule has 2 aliphatic rings. The van der Waals surface area contributed by atoms with E-state index in [4.69, 9.17) is 0 Å². The number of thiazole rings is 1. The molecule has 11 heteroatoms. The van der Waals surface area contributed by atoms with Crippen LogP contribution < -0.4 is 20.0 Å². The Morgan fingerprint density at radius 2 is 1.58 bits per heavy atom. The van der Waals surface area contributed by atoms with Crippen LogP contribution in [0.1, 0.15) is 30.2 Å². The quantitative estimate of drug-likeness (QED) is 0.269. The molecule has 3 aromatic carbocycles. The monoisotopic (exact) mass is 616 g/mol. The lowest BCUT2D eigenvalue weighted by molar-refractivity contribution is -0.122. The number of fused-ring (bicyclic) bond motifs is 2. The van der Waals surface area contributed by atoms with Crippen LogP contribution in [0.3, 0.4) is 0 Å². The summed E-state index contributed by atoms with van der Waals surface area (Å²) < 4.78 is 14.7. The van der Waals surface area contributed by atoms with Crippen LogP contribution in [0.15, 0.2) is 88.7 Å². The molecule has 1 N–H and O–H groups in total. The van der Waals surface area contributed by atoms with Crippen molar-refractivity contribution in [1.82, 2.24) is 4.57 Å². The van der Waals surface area contributed by atoms with Gasteiger partial charge in [0.25, 0.3) is 0 Å². The largest absolute Gasteiger partial charge is 0.372 e. The molecular formula is C32H29FN4O4S2. The molecule has 4 aromatic rings. The lowest BCUT2D eigenvalue weighted by Gasteiger charge is -2.31. The Labute approximate surface area is 256 Å². The number of amides is 3. The van der Waals surface area contributed by atoms with Gasteiger partial charge in [0.05, 0.1) is 16.6 Å². The van der Waals surface area contributed by atoms with Crippen LogP contribution in [-0.4, -0.2) is 40.6 Å². The predicted octanol–water partition coefficient (Wildman–Crippen LogP) is 5.33. The Morgan fingerprint density at radius 3 is 2.23 bits per heavy atom. The standard InChI is InChI=1S/C32H29FN4O4S2/c1-3-35(4-2)22-16-10-19(11-17-22)25-26-27(30(40)37(29(26)39)23-8-6-5-7-9-23)42-31-28(25)43-32(41)36(31)18-24(38)34-21-14-12-20(33)13-15-21/h5-17,25-27H,3-4,18H2,1-2H3,(H,34,38)/t25-,26-,27+/m0/s1. The highest BCUT2D eigenvalue weighted by atomic mass is 32.2. The molecule has 0 aliphatic carbocycles. The average Bonchev–Trinajstić information content (AvgIpc) is 3.46. The summed E-state index contributed by atoms with van der Waals surface area (Å²) in [6.07, 6.45) is 0. The summed E-state index contributed by atoms with van der Waals surface area (Å²) in [4.78, 5) is 58.0. The van der Waals surface area contributed by atoms with Crippen LogP contribution in [0.25, 0.3) is 0 Å². The van der Waals surface area contributed by atoms with Gasteiger partial charge in [0, 0.05) is 35.3 Å². The van der Waals surface area contributed by atoms with Gasteiger partial charge < -0.3 is 10.2 Å². The number of anilines is 3. The topological polar surface area (TPSA) is 91.7 Å². The molecule has 0 spiro atoms. The molecule has 3 heterocycles. The number of benzene rings is 3. The van der Waals surface area contributed by atoms with Gasteiger partial charge in [0.15, 0.2) is 0 Å². The van der Waals surface area contributed by atoms with Gasteiger partial charge in [-0.15, -0.1) is 0 Å². The number of hydrogen-bond donors (Lipinski definition) is 1. The molecule has 6 rings (SSSR count). The van der Waals surface area contributed by atoms with E-state index in [1.54, 1.807) is 24.3 Å². The van der Waals surface area contributed by atoms with Crippen LogP contribution in [0, 0.1) is 11.7 Å². The summed E-state index contributed by atoms with van der Waals surface area (Å²) in [6.45, 7) is 5.56. The summed E-state index contributed by atoms with van der Waals surface area (Å²) >= 11 is 2.18. The molecule has 1 aromatic heterocycles. The Balaban J connectivity index is 1.40. The third kappa shape index (κ3) is 5.27. The number of halogens is 1. The van der Waals surface area contributed by atoms with E-state index in [0.29, 0.717) is 21.3 Å². The van der Waals surface area contributed by atoms with Gasteiger partial charge in [-0.05, 0) is 67.9 Å². The van der Waals surface area contributed by atoms with Crippen molar-refractivity contribution in [2.24, 2.45) is 5.92 Å². The molecule has 0 radical (unpaired) electrons. The minimum atomic E-state index is -0.770. The van der Waals surface area contributed by atoms with E-state index in [2.05, 4.69) is 24.1 Å². The SMILES string of the molecule is CCN(CC)c1ccc([C@@H]2c3sc(=O)n(CC(=O)Nc4ccc(F)cc4)c3S[C@H]3C(=O)N(c4ccccc4)C(=O)[C@@H]23)cc1. The molecule has 0 bridgehead atoms. The second kappa shape index (κ2) is 11.8. The second-order valence-electron chi connectivity index (χ2n) is 10.3. The first-order chi connectivity index (χ1) is 20.8. The van der Waals surface area contributed by atoms with E-state index in [-0.39, 0.29) is 23.2 Å². The number of hydrogen-bond acceptors (Lipinski definition) is 7. The minimum absolute atomic E-state index is 0.287. The van der Waals surface area contributed by atoms with Gasteiger partial charge in [0.1, 0.15) is 17.6 Å². The fourth-order valence-corrected chi connectivity index (χ4v) is 8.58. The lowest BCUT2D eigenvalue weighted by atomic mass is 9.83. The summed E-state index contributed by atoms with van der Waals surface area (Å²) in [5.41, 5.74) is 2.77. The molecule has 8 nitrogen and oxygen atoms in total. The van der Waals surface area contributed by atoms with E-state index < -0.39 is 28.8 Å². The summed E-state index contributed by atoms with van der Waals surface area (Å²) in [5, 5.41) is 2.44. The highest BCUT2D eigenvalue weighted by molar-refractivity contribution is 8.00. The van der Waals surface area contributed by atoms with Crippen molar-refractivity contribution in [2.45, 2.75) is 36.6 Å². The van der Waals surface area contributed by atoms with Gasteiger partial charge in [-0.2, -0.15) is 0 Å². The molecule has 1 fully saturated rings. The lowest BCUT2D eigenvalue weighted by Crippen LogP contribution is -2.33. The molecule has 2 aliphatic heterocycles. The number of nitrogens with zero attached hydrogens (tertiary/aromatic N) is 3. The minimum Gasteiger partial charge on any atom is -0.372 e. The Bertz CT molecular complexity index is 1730. The fraction of sp³-hybridized carbons (Fsp3) is 0.250. The Kier molecular flexibility index (Phi) is 7.93. The summed E-state index contributed by atoms with van der Waals surface area (Å²) in [7, 11) is 0. The van der Waals surface area contributed by atoms with Crippen LogP contribution in [0.4, 0.5) is 21.5 Å². The zero-order valence-electron chi connectivity index (χ0n) is 23.5. The zero-order valence-corrected chi connectivity index (χ0v) is 25.2. The number of thioether (sulfide) groups is 1. The fourth-order valence-electron chi connectivity index (χ4n) is 5.80. The number of aromatic nitrogens is 1. The normalized spacial score (nSPS) is 19.2. The second-order valence-corrected chi connectivity index (χ2v) is 12.5. The maximum atomic E-state index is 14.0. The average molecular weight is 617 g/mol. The Morgan fingerprint density at radius 1 is 0.907 bits per heavy atom. The maximum Gasteiger partial charge on any atom is 0.308 e. The van der Waals surface area contributed by atoms with Crippen molar-refractivity contribution in [3.63, 3.8) is 0 Å². The van der Waals surface area contributed by atoms with Gasteiger partial charge in [0.2, 0.25) is 17.7 Å². The first-order valence-corrected chi connectivity index (χ1v) is 15.7. The smallest absolute Gasteiger partial charge is 0.308 e. The molecule has 3 atom stereocenters. The number of nitrogens with one attached hydrogen (secondary N) is 1. The van der Waals surface area contributed by atoms with Crippen molar-refractivity contribution in [1.29, 1.82) is 0 Å². The highest BCUT2D eigenvalue weighted by Gasteiger charge is 2.56. The molecule has 220 valence electrons. The van der Waals surface area contributed by atoms with Crippen LogP contribution in [0.5, 0.6) is 0 Å². The number of carbonyl (C=O) groups is 3. The van der Waals surface area contributed by atoms with Crippen LogP contribution >= 0.6 is 23.1 Å². The molecule has 0 unspecified atom stereocenters. The van der Waals surface area contributed by atoms with Crippen molar-refractivity contribution >= 4 is 57.9 Å². The van der Waals surface area contributed by atoms with Crippen LogP contribution in [-0.2, 0) is 20.9 Å². The number of para-hydroxylation sites is 1. The van der Waals surface area contributed by atoms with E-state index >= 15 is 0 Å². The van der Waals surface area contributed by atoms with Gasteiger partial charge >= 0.3 is 4.87 Å². The Hall–Kier alpha value is -4.22. The third-order valence-electron chi connectivity index (χ3n) is 7.87. The van der Waals surface area contributed by atoms with Crippen LogP contribution in [0.2, 0.25) is 0 Å².